The first-order valence-electron chi connectivity index (χ1n) is 10.8. The van der Waals surface area contributed by atoms with E-state index in [2.05, 4.69) is 15.4 Å². The van der Waals surface area contributed by atoms with E-state index in [0.717, 1.165) is 5.56 Å². The molecule has 3 rings (SSSR count). The van der Waals surface area contributed by atoms with E-state index in [4.69, 9.17) is 9.47 Å². The summed E-state index contributed by atoms with van der Waals surface area (Å²) in [6.07, 6.45) is 7.95. The monoisotopic (exact) mass is 449 g/mol. The minimum absolute atomic E-state index is 0.126. The van der Waals surface area contributed by atoms with Gasteiger partial charge in [-0.1, -0.05) is 30.2 Å². The molecule has 1 aromatic carbocycles. The number of aliphatic imine (C=N–C) groups is 1. The fourth-order valence-corrected chi connectivity index (χ4v) is 4.19. The number of carbonyl (C=O) groups is 1. The molecule has 32 heavy (non-hydrogen) atoms. The molecule has 2 fully saturated rings. The highest BCUT2D eigenvalue weighted by Gasteiger charge is 2.47. The Labute approximate surface area is 186 Å². The van der Waals surface area contributed by atoms with Gasteiger partial charge in [-0.05, 0) is 54.5 Å². The Bertz CT molecular complexity index is 885. The third-order valence-electron chi connectivity index (χ3n) is 5.87. The molecule has 1 amide bonds. The van der Waals surface area contributed by atoms with Gasteiger partial charge in [0.15, 0.2) is 5.79 Å². The third-order valence-corrected chi connectivity index (χ3v) is 5.87. The van der Waals surface area contributed by atoms with Crippen LogP contribution in [0.4, 0.5) is 8.92 Å². The average molecular weight is 449 g/mol. The Morgan fingerprint density at radius 2 is 1.97 bits per heavy atom. The van der Waals surface area contributed by atoms with Gasteiger partial charge in [-0.15, -0.1) is 0 Å². The largest absolute Gasteiger partial charge is 0.361 e. The van der Waals surface area contributed by atoms with Gasteiger partial charge in [0.05, 0.1) is 24.3 Å². The van der Waals surface area contributed by atoms with E-state index in [-0.39, 0.29) is 11.4 Å². The topological polar surface area (TPSA) is 81.2 Å². The summed E-state index contributed by atoms with van der Waals surface area (Å²) in [5.74, 6) is -1.14. The van der Waals surface area contributed by atoms with Crippen molar-refractivity contribution in [3.05, 3.63) is 59.2 Å². The molecule has 9 heteroatoms. The van der Waals surface area contributed by atoms with Crippen LogP contribution >= 0.6 is 0 Å². The highest BCUT2D eigenvalue weighted by Crippen LogP contribution is 2.45. The molecule has 1 saturated carbocycles. The van der Waals surface area contributed by atoms with Gasteiger partial charge in [-0.2, -0.15) is 5.48 Å². The first-order chi connectivity index (χ1) is 15.5. The van der Waals surface area contributed by atoms with Crippen molar-refractivity contribution in [3.63, 3.8) is 0 Å². The second-order valence-corrected chi connectivity index (χ2v) is 7.83. The maximum absolute atomic E-state index is 14.1. The molecule has 1 saturated heterocycles. The van der Waals surface area contributed by atoms with Crippen LogP contribution in [0.25, 0.3) is 0 Å². The highest BCUT2D eigenvalue weighted by atomic mass is 19.3. The molecular weight excluding hydrogens is 420 g/mol. The predicted octanol–water partition coefficient (Wildman–Crippen LogP) is 4.13. The lowest BCUT2D eigenvalue weighted by Gasteiger charge is -2.45. The van der Waals surface area contributed by atoms with E-state index in [0.29, 0.717) is 51.1 Å². The zero-order valence-corrected chi connectivity index (χ0v) is 18.3. The van der Waals surface area contributed by atoms with Gasteiger partial charge in [-0.3, -0.25) is 4.79 Å². The molecule has 1 aromatic rings. The summed E-state index contributed by atoms with van der Waals surface area (Å²) in [5.41, 5.74) is 1.96. The molecule has 1 aliphatic carbocycles. The van der Waals surface area contributed by atoms with Crippen molar-refractivity contribution in [2.24, 2.45) is 4.99 Å². The first-order valence-corrected chi connectivity index (χ1v) is 10.8. The molecule has 0 aromatic heterocycles. The minimum Gasteiger partial charge on any atom is -0.361 e. The highest BCUT2D eigenvalue weighted by molar-refractivity contribution is 6.11. The molecule has 2 aliphatic rings. The maximum atomic E-state index is 14.1. The molecule has 0 unspecified atom stereocenters. The van der Waals surface area contributed by atoms with Crippen molar-refractivity contribution in [1.82, 2.24) is 10.8 Å². The summed E-state index contributed by atoms with van der Waals surface area (Å²) in [4.78, 5) is 16.3. The van der Waals surface area contributed by atoms with E-state index < -0.39 is 17.2 Å². The van der Waals surface area contributed by atoms with Gasteiger partial charge in [0, 0.05) is 19.1 Å². The van der Waals surface area contributed by atoms with Gasteiger partial charge in [-0.25, -0.2) is 9.38 Å². The number of nitrogens with one attached hydrogen (secondary N) is 2. The van der Waals surface area contributed by atoms with Crippen LogP contribution < -0.4 is 10.8 Å². The van der Waals surface area contributed by atoms with Crippen LogP contribution in [0.15, 0.2) is 52.8 Å². The van der Waals surface area contributed by atoms with Gasteiger partial charge in [0.1, 0.15) is 11.6 Å². The summed E-state index contributed by atoms with van der Waals surface area (Å²) < 4.78 is 37.8. The lowest BCUT2D eigenvalue weighted by atomic mass is 9.74. The molecule has 0 atom stereocenters. The fraction of sp³-hybridized carbons (Fsp3) is 0.478. The van der Waals surface area contributed by atoms with Gasteiger partial charge >= 0.3 is 0 Å². The molecule has 1 heterocycles. The summed E-state index contributed by atoms with van der Waals surface area (Å²) in [6, 6.07) is 6.52. The van der Waals surface area contributed by atoms with Crippen LogP contribution in [-0.2, 0) is 24.8 Å². The summed E-state index contributed by atoms with van der Waals surface area (Å²) in [5, 5.41) is 6.69. The zero-order valence-electron chi connectivity index (χ0n) is 18.3. The summed E-state index contributed by atoms with van der Waals surface area (Å²) >= 11 is 0. The summed E-state index contributed by atoms with van der Waals surface area (Å²) in [7, 11) is 0. The van der Waals surface area contributed by atoms with E-state index in [9.17, 15) is 13.7 Å². The molecular formula is C23H29F2N3O4. The predicted molar refractivity (Wildman–Crippen MR) is 115 cm³/mol. The van der Waals surface area contributed by atoms with E-state index in [1.54, 1.807) is 18.5 Å². The molecule has 2 N–H and O–H groups in total. The Hall–Kier alpha value is -2.62. The minimum atomic E-state index is -0.760. The van der Waals surface area contributed by atoms with E-state index in [1.165, 1.54) is 24.4 Å². The second kappa shape index (κ2) is 10.8. The van der Waals surface area contributed by atoms with Gasteiger partial charge < -0.3 is 14.8 Å². The average Bonchev–Trinajstić information content (AvgIpc) is 3.24. The SMILES string of the molecule is C\C=C(/C=N/C(=C/CC)NC1(c2cccc(F)c2)CCC2(CC1)OCCO2)C(=O)NOF. The quantitative estimate of drug-likeness (QED) is 0.354. The van der Waals surface area contributed by atoms with Crippen LogP contribution in [0.2, 0.25) is 0 Å². The number of halogens is 2. The lowest BCUT2D eigenvalue weighted by Crippen LogP contribution is -2.49. The normalized spacial score (nSPS) is 20.6. The molecule has 7 nitrogen and oxygen atoms in total. The van der Waals surface area contributed by atoms with Crippen molar-refractivity contribution in [2.75, 3.05) is 13.2 Å². The molecule has 1 aliphatic heterocycles. The molecule has 0 bridgehead atoms. The van der Waals surface area contributed by atoms with Gasteiger partial charge in [0.25, 0.3) is 5.91 Å². The number of hydroxylamine groups is 1. The number of benzene rings is 1. The number of carbonyl (C=O) groups excluding carboxylic acids is 1. The van der Waals surface area contributed by atoms with Gasteiger partial charge in [0.2, 0.25) is 0 Å². The van der Waals surface area contributed by atoms with Crippen LogP contribution in [0.5, 0.6) is 0 Å². The fourth-order valence-electron chi connectivity index (χ4n) is 4.19. The number of ether oxygens (including phenoxy) is 2. The first kappa shape index (κ1) is 24.0. The number of rotatable bonds is 8. The van der Waals surface area contributed by atoms with E-state index in [1.807, 2.05) is 19.1 Å². The van der Waals surface area contributed by atoms with Crippen molar-refractivity contribution in [3.8, 4) is 0 Å². The molecule has 0 radical (unpaired) electrons. The molecule has 174 valence electrons. The number of hydrogen-bond donors (Lipinski definition) is 2. The third kappa shape index (κ3) is 5.59. The number of nitrogens with zero attached hydrogens (tertiary/aromatic N) is 1. The Morgan fingerprint density at radius 1 is 1.25 bits per heavy atom. The Kier molecular flexibility index (Phi) is 8.11. The van der Waals surface area contributed by atoms with Crippen LogP contribution in [0, 0.1) is 5.82 Å². The van der Waals surface area contributed by atoms with Crippen molar-refractivity contribution < 1.29 is 28.2 Å². The van der Waals surface area contributed by atoms with Crippen molar-refractivity contribution in [1.29, 1.82) is 0 Å². The number of hydrogen-bond acceptors (Lipinski definition) is 6. The van der Waals surface area contributed by atoms with E-state index >= 15 is 0 Å². The van der Waals surface area contributed by atoms with Crippen molar-refractivity contribution >= 4 is 12.1 Å². The lowest BCUT2D eigenvalue weighted by molar-refractivity contribution is -0.196. The van der Waals surface area contributed by atoms with Crippen molar-refractivity contribution in [2.45, 2.75) is 57.3 Å². The smallest absolute Gasteiger partial charge is 0.278 e. The Morgan fingerprint density at radius 3 is 2.56 bits per heavy atom. The second-order valence-electron chi connectivity index (χ2n) is 7.83. The summed E-state index contributed by atoms with van der Waals surface area (Å²) in [6.45, 7) is 4.74. The number of allylic oxidation sites excluding steroid dienone is 2. The van der Waals surface area contributed by atoms with Crippen LogP contribution in [0.1, 0.15) is 51.5 Å². The zero-order chi connectivity index (χ0) is 23.0. The van der Waals surface area contributed by atoms with Crippen LogP contribution in [0.3, 0.4) is 0 Å². The van der Waals surface area contributed by atoms with Crippen LogP contribution in [-0.4, -0.2) is 31.1 Å². The molecule has 1 spiro atoms. The number of amides is 1. The standard InChI is InChI=1S/C23H29F2N3O4/c1-3-6-20(26-16-17(4-2)21(29)28-32-25)27-22(18-7-5-8-19(24)15-18)9-11-23(12-10-22)30-13-14-31-23/h4-8,15-16,27H,3,9-14H2,1-2H3,(H,28,29)/b17-4+,20-6-,26-16+. The Balaban J connectivity index is 1.88. The maximum Gasteiger partial charge on any atom is 0.278 e.